The van der Waals surface area contributed by atoms with E-state index < -0.39 is 5.41 Å². The molecule has 0 fully saturated rings. The molecule has 0 atom stereocenters. The lowest BCUT2D eigenvalue weighted by Crippen LogP contribution is -2.28. The Hall–Kier alpha value is -8.00. The van der Waals surface area contributed by atoms with Crippen molar-refractivity contribution in [3.8, 4) is 55.6 Å². The second-order valence-electron chi connectivity index (χ2n) is 18.0. The molecule has 0 radical (unpaired) electrons. The molecule has 1 nitrogen and oxygen atoms in total. The molecule has 10 aromatic rings. The van der Waals surface area contributed by atoms with Gasteiger partial charge in [-0.15, -0.1) is 0 Å². The first-order chi connectivity index (χ1) is 32.0. The van der Waals surface area contributed by atoms with E-state index in [1.165, 1.54) is 83.5 Å². The number of hydrogen-bond acceptors (Lipinski definition) is 1. The van der Waals surface area contributed by atoms with Crippen LogP contribution >= 0.6 is 0 Å². The highest BCUT2D eigenvalue weighted by atomic mass is 15.1. The number of anilines is 3. The molecule has 0 aromatic heterocycles. The van der Waals surface area contributed by atoms with Crippen molar-refractivity contribution in [2.24, 2.45) is 0 Å². The van der Waals surface area contributed by atoms with Gasteiger partial charge in [0.2, 0.25) is 0 Å². The quantitative estimate of drug-likeness (QED) is 0.147. The van der Waals surface area contributed by atoms with Crippen LogP contribution < -0.4 is 4.90 Å². The summed E-state index contributed by atoms with van der Waals surface area (Å²) in [6, 6.07) is 92.1. The Bertz CT molecular complexity index is 3350. The second kappa shape index (κ2) is 15.4. The standard InChI is InChI=1S/C64H47N/c1-63(2)57-34-17-15-31-53(57)55-42-50(37-39-58(55)63)65(61-36-20-33-52(45-23-9-4-10-24-45)62(61)47-26-19-25-46(41-47)44-21-7-3-8-22-44)51-38-40-60-56(43-51)54-32-16-18-35-59(54)64(60,48-27-11-5-12-28-48)49-29-13-6-14-30-49/h3-43H,1-2H3. The van der Waals surface area contributed by atoms with Crippen LogP contribution in [0.1, 0.15) is 47.2 Å². The summed E-state index contributed by atoms with van der Waals surface area (Å²) in [5.74, 6) is 0. The van der Waals surface area contributed by atoms with Crippen LogP contribution in [0.4, 0.5) is 17.1 Å². The number of hydrogen-bond donors (Lipinski definition) is 0. The SMILES string of the molecule is CC1(C)c2ccccc2-c2cc(N(c3ccc4c(c3)-c3ccccc3C4(c3ccccc3)c3ccccc3)c3cccc(-c4ccccc4)c3-c3cccc(-c4ccccc4)c3)ccc21. The van der Waals surface area contributed by atoms with E-state index in [1.54, 1.807) is 0 Å². The summed E-state index contributed by atoms with van der Waals surface area (Å²) in [5, 5.41) is 0. The molecule has 0 aliphatic heterocycles. The molecule has 0 N–H and O–H groups in total. The van der Waals surface area contributed by atoms with Gasteiger partial charge in [0.25, 0.3) is 0 Å². The van der Waals surface area contributed by atoms with E-state index in [4.69, 9.17) is 0 Å². The van der Waals surface area contributed by atoms with Gasteiger partial charge in [-0.25, -0.2) is 0 Å². The van der Waals surface area contributed by atoms with Gasteiger partial charge in [-0.05, 0) is 120 Å². The molecule has 0 heterocycles. The van der Waals surface area contributed by atoms with Gasteiger partial charge in [-0.1, -0.05) is 226 Å². The summed E-state index contributed by atoms with van der Waals surface area (Å²) >= 11 is 0. The largest absolute Gasteiger partial charge is 0.310 e. The van der Waals surface area contributed by atoms with Crippen molar-refractivity contribution in [1.29, 1.82) is 0 Å². The van der Waals surface area contributed by atoms with Crippen molar-refractivity contribution in [2.75, 3.05) is 4.90 Å². The predicted molar refractivity (Wildman–Crippen MR) is 272 cm³/mol. The van der Waals surface area contributed by atoms with Crippen LogP contribution in [-0.4, -0.2) is 0 Å². The van der Waals surface area contributed by atoms with E-state index in [0.717, 1.165) is 22.6 Å². The lowest BCUT2D eigenvalue weighted by atomic mass is 9.68. The van der Waals surface area contributed by atoms with Gasteiger partial charge in [0.1, 0.15) is 0 Å². The van der Waals surface area contributed by atoms with Crippen molar-refractivity contribution in [3.05, 3.63) is 282 Å². The molecule has 0 saturated heterocycles. The predicted octanol–water partition coefficient (Wildman–Crippen LogP) is 16.8. The van der Waals surface area contributed by atoms with Crippen LogP contribution in [0, 0.1) is 0 Å². The summed E-state index contributed by atoms with van der Waals surface area (Å²) in [6.07, 6.45) is 0. The molecule has 1 heteroatoms. The fourth-order valence-electron chi connectivity index (χ4n) is 11.2. The van der Waals surface area contributed by atoms with Crippen molar-refractivity contribution in [3.63, 3.8) is 0 Å². The fraction of sp³-hybridized carbons (Fsp3) is 0.0625. The summed E-state index contributed by atoms with van der Waals surface area (Å²) in [4.78, 5) is 2.53. The van der Waals surface area contributed by atoms with Crippen LogP contribution in [0.15, 0.2) is 249 Å². The van der Waals surface area contributed by atoms with Crippen LogP contribution in [-0.2, 0) is 10.8 Å². The average molecular weight is 830 g/mol. The minimum absolute atomic E-state index is 0.110. The highest BCUT2D eigenvalue weighted by Gasteiger charge is 2.46. The van der Waals surface area contributed by atoms with Crippen LogP contribution in [0.2, 0.25) is 0 Å². The van der Waals surface area contributed by atoms with Gasteiger partial charge < -0.3 is 4.90 Å². The maximum Gasteiger partial charge on any atom is 0.0713 e. The van der Waals surface area contributed by atoms with Crippen molar-refractivity contribution in [2.45, 2.75) is 24.7 Å². The maximum absolute atomic E-state index is 2.53. The fourth-order valence-corrected chi connectivity index (χ4v) is 11.2. The molecular formula is C64H47N. The maximum atomic E-state index is 2.53. The average Bonchev–Trinajstić information content (AvgIpc) is 3.80. The minimum atomic E-state index is -0.489. The molecule has 0 saturated carbocycles. The van der Waals surface area contributed by atoms with Gasteiger partial charge in [-0.3, -0.25) is 0 Å². The van der Waals surface area contributed by atoms with Crippen LogP contribution in [0.25, 0.3) is 55.6 Å². The molecule has 2 aliphatic rings. The van der Waals surface area contributed by atoms with E-state index >= 15 is 0 Å². The molecule has 308 valence electrons. The van der Waals surface area contributed by atoms with E-state index in [9.17, 15) is 0 Å². The number of fused-ring (bicyclic) bond motifs is 6. The number of benzene rings is 10. The first kappa shape index (κ1) is 38.7. The molecule has 0 unspecified atom stereocenters. The molecule has 0 amide bonds. The zero-order valence-corrected chi connectivity index (χ0v) is 36.6. The first-order valence-electron chi connectivity index (χ1n) is 22.8. The molecule has 2 aliphatic carbocycles. The third-order valence-electron chi connectivity index (χ3n) is 14.2. The Morgan fingerprint density at radius 1 is 0.292 bits per heavy atom. The summed E-state index contributed by atoms with van der Waals surface area (Å²) in [6.45, 7) is 4.72. The van der Waals surface area contributed by atoms with Crippen LogP contribution in [0.3, 0.4) is 0 Å². The van der Waals surface area contributed by atoms with E-state index in [0.29, 0.717) is 0 Å². The molecular weight excluding hydrogens is 783 g/mol. The highest BCUT2D eigenvalue weighted by Crippen LogP contribution is 2.58. The second-order valence-corrected chi connectivity index (χ2v) is 18.0. The van der Waals surface area contributed by atoms with Gasteiger partial charge >= 0.3 is 0 Å². The highest BCUT2D eigenvalue weighted by molar-refractivity contribution is 5.99. The Labute approximate surface area is 382 Å². The molecule has 12 rings (SSSR count). The first-order valence-corrected chi connectivity index (χ1v) is 22.8. The molecule has 0 spiro atoms. The zero-order valence-electron chi connectivity index (χ0n) is 36.6. The van der Waals surface area contributed by atoms with Gasteiger partial charge in [0.15, 0.2) is 0 Å². The number of rotatable bonds is 8. The molecule has 0 bridgehead atoms. The third-order valence-corrected chi connectivity index (χ3v) is 14.2. The number of nitrogens with zero attached hydrogens (tertiary/aromatic N) is 1. The zero-order chi connectivity index (χ0) is 43.5. The topological polar surface area (TPSA) is 3.24 Å². The Morgan fingerprint density at radius 3 is 1.37 bits per heavy atom. The monoisotopic (exact) mass is 829 g/mol. The Morgan fingerprint density at radius 2 is 0.723 bits per heavy atom. The lowest BCUT2D eigenvalue weighted by molar-refractivity contribution is 0.660. The summed E-state index contributed by atoms with van der Waals surface area (Å²) in [5.41, 5.74) is 22.8. The van der Waals surface area contributed by atoms with E-state index in [2.05, 4.69) is 267 Å². The lowest BCUT2D eigenvalue weighted by Gasteiger charge is -2.34. The van der Waals surface area contributed by atoms with Gasteiger partial charge in [-0.2, -0.15) is 0 Å². The Kier molecular flexibility index (Phi) is 9.14. The molecule has 65 heavy (non-hydrogen) atoms. The minimum Gasteiger partial charge on any atom is -0.310 e. The normalized spacial score (nSPS) is 13.6. The van der Waals surface area contributed by atoms with Crippen molar-refractivity contribution >= 4 is 17.1 Å². The van der Waals surface area contributed by atoms with Crippen molar-refractivity contribution in [1.82, 2.24) is 0 Å². The van der Waals surface area contributed by atoms with Crippen molar-refractivity contribution < 1.29 is 0 Å². The van der Waals surface area contributed by atoms with Gasteiger partial charge in [0.05, 0.1) is 11.1 Å². The van der Waals surface area contributed by atoms with Gasteiger partial charge in [0, 0.05) is 22.4 Å². The van der Waals surface area contributed by atoms with Crippen LogP contribution in [0.5, 0.6) is 0 Å². The third kappa shape index (κ3) is 6.07. The van der Waals surface area contributed by atoms with E-state index in [1.807, 2.05) is 0 Å². The molecule has 10 aromatic carbocycles. The van der Waals surface area contributed by atoms with E-state index in [-0.39, 0.29) is 5.41 Å². The summed E-state index contributed by atoms with van der Waals surface area (Å²) in [7, 11) is 0. The summed E-state index contributed by atoms with van der Waals surface area (Å²) < 4.78 is 0. The smallest absolute Gasteiger partial charge is 0.0713 e. The Balaban J connectivity index is 1.15.